The van der Waals surface area contributed by atoms with E-state index >= 15 is 0 Å². The molecule has 0 bridgehead atoms. The first-order valence-corrected chi connectivity index (χ1v) is 7.31. The number of hydrogen-bond acceptors (Lipinski definition) is 4. The van der Waals surface area contributed by atoms with Crippen LogP contribution in [0.25, 0.3) is 0 Å². The summed E-state index contributed by atoms with van der Waals surface area (Å²) in [6.45, 7) is 0.438. The van der Waals surface area contributed by atoms with E-state index in [-0.39, 0.29) is 24.3 Å². The maximum atomic E-state index is 12.4. The molecule has 3 N–H and O–H groups in total. The van der Waals surface area contributed by atoms with E-state index in [0.29, 0.717) is 24.9 Å². The Bertz CT molecular complexity index is 511. The molecule has 1 amide bonds. The quantitative estimate of drug-likeness (QED) is 0.831. The zero-order valence-corrected chi connectivity index (χ0v) is 13.6. The maximum absolute atomic E-state index is 12.4. The summed E-state index contributed by atoms with van der Waals surface area (Å²) in [6, 6.07) is 7.10. The standard InChI is InChI=1S/C16H22N2O3.ClH/c1-21-15(20)16(9-3-2-4-10-16)18-14(19)13-7-5-12(11-17)6-8-13;/h5-8H,2-4,9-11,17H2,1H3,(H,18,19);1H. The third kappa shape index (κ3) is 3.99. The molecule has 0 saturated heterocycles. The van der Waals surface area contributed by atoms with Crippen LogP contribution in [0, 0.1) is 0 Å². The van der Waals surface area contributed by atoms with Crippen molar-refractivity contribution in [2.45, 2.75) is 44.2 Å². The molecule has 1 aromatic carbocycles. The molecule has 1 aliphatic rings. The number of rotatable bonds is 4. The second-order valence-electron chi connectivity index (χ2n) is 5.49. The molecule has 0 unspecified atom stereocenters. The lowest BCUT2D eigenvalue weighted by Gasteiger charge is -2.35. The van der Waals surface area contributed by atoms with Gasteiger partial charge >= 0.3 is 5.97 Å². The van der Waals surface area contributed by atoms with Crippen molar-refractivity contribution >= 4 is 24.3 Å². The summed E-state index contributed by atoms with van der Waals surface area (Å²) in [4.78, 5) is 24.5. The molecule has 5 nitrogen and oxygen atoms in total. The van der Waals surface area contributed by atoms with Crippen LogP contribution in [-0.4, -0.2) is 24.5 Å². The number of methoxy groups -OCH3 is 1. The second kappa shape index (κ2) is 8.15. The number of esters is 1. The van der Waals surface area contributed by atoms with E-state index in [1.165, 1.54) is 7.11 Å². The molecule has 1 aliphatic carbocycles. The van der Waals surface area contributed by atoms with Crippen molar-refractivity contribution in [2.75, 3.05) is 7.11 Å². The van der Waals surface area contributed by atoms with Gasteiger partial charge in [-0.05, 0) is 30.5 Å². The van der Waals surface area contributed by atoms with Gasteiger partial charge in [-0.2, -0.15) is 0 Å². The molecule has 0 aromatic heterocycles. The molecular formula is C16H23ClN2O3. The minimum Gasteiger partial charge on any atom is -0.467 e. The normalized spacial score (nSPS) is 16.3. The monoisotopic (exact) mass is 326 g/mol. The Balaban J connectivity index is 0.00000242. The van der Waals surface area contributed by atoms with Crippen molar-refractivity contribution in [2.24, 2.45) is 5.73 Å². The number of benzene rings is 1. The number of carbonyl (C=O) groups is 2. The van der Waals surface area contributed by atoms with Crippen LogP contribution in [0.15, 0.2) is 24.3 Å². The topological polar surface area (TPSA) is 81.4 Å². The average Bonchev–Trinajstić information content (AvgIpc) is 2.55. The van der Waals surface area contributed by atoms with Gasteiger partial charge in [-0.3, -0.25) is 4.79 Å². The molecule has 22 heavy (non-hydrogen) atoms. The van der Waals surface area contributed by atoms with Crippen LogP contribution in [0.1, 0.15) is 48.0 Å². The molecule has 0 radical (unpaired) electrons. The van der Waals surface area contributed by atoms with E-state index in [9.17, 15) is 9.59 Å². The number of halogens is 1. The first-order valence-electron chi connectivity index (χ1n) is 7.31. The maximum Gasteiger partial charge on any atom is 0.331 e. The van der Waals surface area contributed by atoms with E-state index in [2.05, 4.69) is 5.32 Å². The van der Waals surface area contributed by atoms with Crippen LogP contribution < -0.4 is 11.1 Å². The Morgan fingerprint density at radius 2 is 1.77 bits per heavy atom. The number of hydrogen-bond donors (Lipinski definition) is 2. The Morgan fingerprint density at radius 3 is 2.27 bits per heavy atom. The fourth-order valence-electron chi connectivity index (χ4n) is 2.81. The third-order valence-electron chi connectivity index (χ3n) is 4.09. The van der Waals surface area contributed by atoms with E-state index < -0.39 is 5.54 Å². The van der Waals surface area contributed by atoms with E-state index in [0.717, 1.165) is 24.8 Å². The van der Waals surface area contributed by atoms with E-state index in [4.69, 9.17) is 10.5 Å². The fraction of sp³-hybridized carbons (Fsp3) is 0.500. The van der Waals surface area contributed by atoms with Gasteiger partial charge in [0.1, 0.15) is 5.54 Å². The molecule has 6 heteroatoms. The highest BCUT2D eigenvalue weighted by atomic mass is 35.5. The van der Waals surface area contributed by atoms with Crippen molar-refractivity contribution in [3.05, 3.63) is 35.4 Å². The highest BCUT2D eigenvalue weighted by molar-refractivity contribution is 5.98. The molecule has 1 aromatic rings. The first-order chi connectivity index (χ1) is 10.1. The number of amides is 1. The van der Waals surface area contributed by atoms with Gasteiger partial charge in [0.15, 0.2) is 0 Å². The summed E-state index contributed by atoms with van der Waals surface area (Å²) < 4.78 is 4.90. The van der Waals surface area contributed by atoms with Gasteiger partial charge in [0, 0.05) is 12.1 Å². The summed E-state index contributed by atoms with van der Waals surface area (Å²) in [6.07, 6.45) is 4.18. The van der Waals surface area contributed by atoms with Crippen molar-refractivity contribution in [1.82, 2.24) is 5.32 Å². The lowest BCUT2D eigenvalue weighted by Crippen LogP contribution is -2.56. The molecule has 2 rings (SSSR count). The molecular weight excluding hydrogens is 304 g/mol. The van der Waals surface area contributed by atoms with Crippen molar-refractivity contribution < 1.29 is 14.3 Å². The molecule has 122 valence electrons. The van der Waals surface area contributed by atoms with Gasteiger partial charge in [-0.15, -0.1) is 12.4 Å². The van der Waals surface area contributed by atoms with Crippen LogP contribution >= 0.6 is 12.4 Å². The number of carbonyl (C=O) groups excluding carboxylic acids is 2. The summed E-state index contributed by atoms with van der Waals surface area (Å²) >= 11 is 0. The van der Waals surface area contributed by atoms with Crippen LogP contribution in [-0.2, 0) is 16.1 Å². The van der Waals surface area contributed by atoms with Gasteiger partial charge in [-0.1, -0.05) is 31.4 Å². The predicted octanol–water partition coefficient (Wildman–Crippen LogP) is 2.17. The third-order valence-corrected chi connectivity index (χ3v) is 4.09. The van der Waals surface area contributed by atoms with Gasteiger partial charge in [0.25, 0.3) is 5.91 Å². The van der Waals surface area contributed by atoms with E-state index in [1.54, 1.807) is 12.1 Å². The zero-order valence-electron chi connectivity index (χ0n) is 12.8. The number of ether oxygens (including phenoxy) is 1. The summed E-state index contributed by atoms with van der Waals surface area (Å²) in [5, 5.41) is 2.89. The van der Waals surface area contributed by atoms with Gasteiger partial charge < -0.3 is 15.8 Å². The Hall–Kier alpha value is -1.59. The van der Waals surface area contributed by atoms with Crippen molar-refractivity contribution in [1.29, 1.82) is 0 Å². The minimum absolute atomic E-state index is 0. The Labute approximate surface area is 137 Å². The molecule has 1 fully saturated rings. The Kier molecular flexibility index (Phi) is 6.84. The fourth-order valence-corrected chi connectivity index (χ4v) is 2.81. The summed E-state index contributed by atoms with van der Waals surface area (Å²) in [5.41, 5.74) is 6.16. The zero-order chi connectivity index (χ0) is 15.3. The predicted molar refractivity (Wildman–Crippen MR) is 86.9 cm³/mol. The highest BCUT2D eigenvalue weighted by Crippen LogP contribution is 2.29. The molecule has 0 aliphatic heterocycles. The van der Waals surface area contributed by atoms with Crippen molar-refractivity contribution in [3.63, 3.8) is 0 Å². The molecule has 0 atom stereocenters. The van der Waals surface area contributed by atoms with E-state index in [1.807, 2.05) is 12.1 Å². The number of nitrogens with two attached hydrogens (primary N) is 1. The largest absolute Gasteiger partial charge is 0.467 e. The number of nitrogens with one attached hydrogen (secondary N) is 1. The SMILES string of the molecule is COC(=O)C1(NC(=O)c2ccc(CN)cc2)CCCCC1.Cl. The molecule has 0 heterocycles. The van der Waals surface area contributed by atoms with Crippen LogP contribution in [0.4, 0.5) is 0 Å². The van der Waals surface area contributed by atoms with Crippen LogP contribution in [0.5, 0.6) is 0 Å². The smallest absolute Gasteiger partial charge is 0.331 e. The van der Waals surface area contributed by atoms with Gasteiger partial charge in [0.05, 0.1) is 7.11 Å². The van der Waals surface area contributed by atoms with Crippen LogP contribution in [0.3, 0.4) is 0 Å². The average molecular weight is 327 g/mol. The minimum atomic E-state index is -0.878. The summed E-state index contributed by atoms with van der Waals surface area (Å²) in [5.74, 6) is -0.597. The molecule has 1 saturated carbocycles. The van der Waals surface area contributed by atoms with Gasteiger partial charge in [-0.25, -0.2) is 4.79 Å². The van der Waals surface area contributed by atoms with Crippen LogP contribution in [0.2, 0.25) is 0 Å². The highest BCUT2D eigenvalue weighted by Gasteiger charge is 2.42. The summed E-state index contributed by atoms with van der Waals surface area (Å²) in [7, 11) is 1.36. The second-order valence-corrected chi connectivity index (χ2v) is 5.49. The first kappa shape index (κ1) is 18.5. The lowest BCUT2D eigenvalue weighted by molar-refractivity contribution is -0.149. The van der Waals surface area contributed by atoms with Gasteiger partial charge in [0.2, 0.25) is 0 Å². The van der Waals surface area contributed by atoms with Crippen molar-refractivity contribution in [3.8, 4) is 0 Å². The lowest BCUT2D eigenvalue weighted by atomic mass is 9.81. The molecule has 0 spiro atoms. The Morgan fingerprint density at radius 1 is 1.18 bits per heavy atom.